The van der Waals surface area contributed by atoms with Gasteiger partial charge in [-0.1, -0.05) is 11.6 Å². The molecule has 2 rings (SSSR count). The summed E-state index contributed by atoms with van der Waals surface area (Å²) in [5.74, 6) is 0. The Labute approximate surface area is 132 Å². The molecule has 0 aliphatic rings. The molecular formula is C12H7ClF4NO2S2. The van der Waals surface area contributed by atoms with Gasteiger partial charge >= 0.3 is 6.18 Å². The third-order valence-electron chi connectivity index (χ3n) is 2.59. The predicted octanol–water partition coefficient (Wildman–Crippen LogP) is 3.96. The molecule has 22 heavy (non-hydrogen) atoms. The highest BCUT2D eigenvalue weighted by atomic mass is 35.5. The van der Waals surface area contributed by atoms with Crippen LogP contribution in [0.4, 0.5) is 17.6 Å². The summed E-state index contributed by atoms with van der Waals surface area (Å²) in [6.45, 7) is -0.675. The lowest BCUT2D eigenvalue weighted by Gasteiger charge is -2.08. The van der Waals surface area contributed by atoms with E-state index in [1.807, 2.05) is 0 Å². The van der Waals surface area contributed by atoms with E-state index in [4.69, 9.17) is 11.6 Å². The van der Waals surface area contributed by atoms with E-state index < -0.39 is 38.3 Å². The van der Waals surface area contributed by atoms with Crippen molar-refractivity contribution in [3.05, 3.63) is 39.9 Å². The number of aromatic nitrogens is 1. The summed E-state index contributed by atoms with van der Waals surface area (Å²) in [5.41, 5.74) is -0.790. The van der Waals surface area contributed by atoms with Crippen molar-refractivity contribution in [2.24, 2.45) is 0 Å². The summed E-state index contributed by atoms with van der Waals surface area (Å²) in [6.07, 6.45) is -4.28. The maximum Gasteiger partial charge on any atom is 0.417 e. The van der Waals surface area contributed by atoms with E-state index in [0.29, 0.717) is 29.2 Å². The van der Waals surface area contributed by atoms with Gasteiger partial charge in [0.15, 0.2) is 5.03 Å². The molecule has 0 unspecified atom stereocenters. The van der Waals surface area contributed by atoms with Gasteiger partial charge in [0.1, 0.15) is 4.21 Å². The fourth-order valence-corrected chi connectivity index (χ4v) is 4.41. The molecular weight excluding hydrogens is 366 g/mol. The van der Waals surface area contributed by atoms with Crippen molar-refractivity contribution in [1.29, 1.82) is 0 Å². The summed E-state index contributed by atoms with van der Waals surface area (Å²) < 4.78 is 74.2. The number of rotatable bonds is 4. The molecule has 0 aromatic carbocycles. The van der Waals surface area contributed by atoms with Crippen molar-refractivity contribution in [2.75, 3.05) is 6.67 Å². The smallest absolute Gasteiger partial charge is 0.251 e. The van der Waals surface area contributed by atoms with Gasteiger partial charge < -0.3 is 0 Å². The van der Waals surface area contributed by atoms with Crippen LogP contribution in [0.3, 0.4) is 0 Å². The molecule has 0 N–H and O–H groups in total. The monoisotopic (exact) mass is 372 g/mol. The van der Waals surface area contributed by atoms with E-state index in [-0.39, 0.29) is 10.6 Å². The van der Waals surface area contributed by atoms with Crippen LogP contribution in [0.1, 0.15) is 11.1 Å². The highest BCUT2D eigenvalue weighted by Gasteiger charge is 2.33. The molecule has 0 saturated heterocycles. The van der Waals surface area contributed by atoms with Crippen LogP contribution in [-0.2, 0) is 22.4 Å². The highest BCUT2D eigenvalue weighted by molar-refractivity contribution is 7.93. The lowest BCUT2D eigenvalue weighted by molar-refractivity contribution is -0.137. The second-order valence-corrected chi connectivity index (χ2v) is 7.49. The Kier molecular flexibility index (Phi) is 4.78. The zero-order valence-electron chi connectivity index (χ0n) is 10.6. The number of thiophene rings is 1. The normalized spacial score (nSPS) is 12.6. The minimum atomic E-state index is -4.68. The quantitative estimate of drug-likeness (QED) is 0.763. The van der Waals surface area contributed by atoms with E-state index in [1.165, 1.54) is 6.07 Å². The molecule has 1 radical (unpaired) electrons. The number of halogens is 5. The molecule has 10 heteroatoms. The lowest BCUT2D eigenvalue weighted by Crippen LogP contribution is -2.09. The molecule has 2 aromatic rings. The zero-order chi connectivity index (χ0) is 16.5. The van der Waals surface area contributed by atoms with Crippen molar-refractivity contribution in [3.8, 4) is 0 Å². The van der Waals surface area contributed by atoms with E-state index >= 15 is 0 Å². The van der Waals surface area contributed by atoms with Gasteiger partial charge in [-0.25, -0.2) is 13.4 Å². The fourth-order valence-electron chi connectivity index (χ4n) is 1.55. The SMILES string of the molecule is O=S(=O)(c1cc(CCF)[c]s1)c1ncc(C(F)(F)F)cc1Cl. The van der Waals surface area contributed by atoms with Crippen LogP contribution in [0.15, 0.2) is 27.6 Å². The molecule has 3 nitrogen and oxygen atoms in total. The largest absolute Gasteiger partial charge is 0.417 e. The van der Waals surface area contributed by atoms with E-state index in [1.54, 1.807) is 0 Å². The second kappa shape index (κ2) is 6.13. The Morgan fingerprint density at radius 3 is 2.55 bits per heavy atom. The second-order valence-electron chi connectivity index (χ2n) is 4.14. The Morgan fingerprint density at radius 2 is 2.00 bits per heavy atom. The van der Waals surface area contributed by atoms with Crippen LogP contribution in [0.5, 0.6) is 0 Å². The van der Waals surface area contributed by atoms with Gasteiger partial charge in [-0.2, -0.15) is 13.2 Å². The van der Waals surface area contributed by atoms with E-state index in [9.17, 15) is 26.0 Å². The number of hydrogen-bond acceptors (Lipinski definition) is 4. The standard InChI is InChI=1S/C12H7ClF4NO2S2/c13-9-4-8(12(15,16)17)5-18-11(9)22(19,20)10-3-7(1-2-14)6-21-10/h3-5H,1-2H2. The van der Waals surface area contributed by atoms with Crippen molar-refractivity contribution >= 4 is 32.8 Å². The minimum Gasteiger partial charge on any atom is -0.251 e. The third kappa shape index (κ3) is 3.41. The first kappa shape index (κ1) is 17.2. The summed E-state index contributed by atoms with van der Waals surface area (Å²) in [7, 11) is -4.17. The van der Waals surface area contributed by atoms with Crippen molar-refractivity contribution in [2.45, 2.75) is 21.8 Å². The molecule has 0 aliphatic carbocycles. The molecule has 0 aliphatic heterocycles. The van der Waals surface area contributed by atoms with Gasteiger partial charge in [-0.15, -0.1) is 11.3 Å². The fraction of sp³-hybridized carbons (Fsp3) is 0.250. The van der Waals surface area contributed by atoms with Gasteiger partial charge in [0, 0.05) is 18.0 Å². The molecule has 0 bridgehead atoms. The third-order valence-corrected chi connectivity index (χ3v) is 6.07. The Balaban J connectivity index is 2.45. The van der Waals surface area contributed by atoms with Crippen LogP contribution in [0.2, 0.25) is 5.02 Å². The number of nitrogens with zero attached hydrogens (tertiary/aromatic N) is 1. The average Bonchev–Trinajstić information content (AvgIpc) is 2.87. The molecule has 119 valence electrons. The van der Waals surface area contributed by atoms with E-state index in [0.717, 1.165) is 0 Å². The van der Waals surface area contributed by atoms with Gasteiger partial charge in [0.25, 0.3) is 0 Å². The maximum absolute atomic E-state index is 12.5. The van der Waals surface area contributed by atoms with E-state index in [2.05, 4.69) is 10.4 Å². The van der Waals surface area contributed by atoms with Gasteiger partial charge in [-0.05, 0) is 17.7 Å². The number of pyridine rings is 1. The number of hydrogen-bond donors (Lipinski definition) is 0. The minimum absolute atomic E-state index is 0.000191. The zero-order valence-corrected chi connectivity index (χ0v) is 13.0. The highest BCUT2D eigenvalue weighted by Crippen LogP contribution is 2.34. The predicted molar refractivity (Wildman–Crippen MR) is 72.5 cm³/mol. The van der Waals surface area contributed by atoms with Crippen LogP contribution < -0.4 is 0 Å². The van der Waals surface area contributed by atoms with Gasteiger partial charge in [0.2, 0.25) is 9.84 Å². The molecule has 0 fully saturated rings. The molecule has 2 heterocycles. The first-order chi connectivity index (χ1) is 10.2. The van der Waals surface area contributed by atoms with Crippen LogP contribution in [-0.4, -0.2) is 20.1 Å². The summed E-state index contributed by atoms with van der Waals surface area (Å²) in [6, 6.07) is 1.70. The number of aryl methyl sites for hydroxylation is 1. The average molecular weight is 373 g/mol. The lowest BCUT2D eigenvalue weighted by atomic mass is 10.3. The van der Waals surface area contributed by atoms with Crippen molar-refractivity contribution < 1.29 is 26.0 Å². The summed E-state index contributed by atoms with van der Waals surface area (Å²) in [5, 5.41) is 1.30. The van der Waals surface area contributed by atoms with Crippen LogP contribution in [0, 0.1) is 5.38 Å². The number of sulfone groups is 1. The first-order valence-corrected chi connectivity index (χ1v) is 8.38. The molecule has 0 saturated carbocycles. The maximum atomic E-state index is 12.5. The molecule has 0 spiro atoms. The topological polar surface area (TPSA) is 47.0 Å². The Morgan fingerprint density at radius 1 is 1.32 bits per heavy atom. The molecule has 0 amide bonds. The number of alkyl halides is 4. The molecule has 2 aromatic heterocycles. The summed E-state index contributed by atoms with van der Waals surface area (Å²) >= 11 is 6.34. The van der Waals surface area contributed by atoms with Crippen molar-refractivity contribution in [3.63, 3.8) is 0 Å². The van der Waals surface area contributed by atoms with Crippen LogP contribution in [0.25, 0.3) is 0 Å². The first-order valence-electron chi connectivity index (χ1n) is 5.70. The van der Waals surface area contributed by atoms with Crippen LogP contribution >= 0.6 is 22.9 Å². The van der Waals surface area contributed by atoms with Gasteiger partial charge in [0.05, 0.1) is 17.3 Å². The van der Waals surface area contributed by atoms with Crippen molar-refractivity contribution in [1.82, 2.24) is 4.98 Å². The Bertz CT molecular complexity index is 787. The summed E-state index contributed by atoms with van der Waals surface area (Å²) in [4.78, 5) is 3.33. The molecule has 0 atom stereocenters. The Hall–Kier alpha value is -1.19. The van der Waals surface area contributed by atoms with Gasteiger partial charge in [-0.3, -0.25) is 4.39 Å².